The molecule has 0 aliphatic heterocycles. The number of nitrogens with one attached hydrogen (secondary N) is 2. The van der Waals surface area contributed by atoms with Crippen LogP contribution in [-0.2, 0) is 27.7 Å². The lowest BCUT2D eigenvalue weighted by Crippen LogP contribution is -2.56. The number of rotatable bonds is 5. The first-order valence-electron chi connectivity index (χ1n) is 11.6. The SMILES string of the molecule is CC(C)(NC(=O)c1cc2c(n(C3CCCCC3)c1=O)CCCCCC2)C(=O)NS(C)(=O)=O. The molecule has 1 fully saturated rings. The van der Waals surface area contributed by atoms with Crippen molar-refractivity contribution in [1.82, 2.24) is 14.6 Å². The molecule has 0 spiro atoms. The van der Waals surface area contributed by atoms with Crippen molar-refractivity contribution in [2.45, 2.75) is 96.1 Å². The second kappa shape index (κ2) is 9.77. The molecule has 2 aliphatic rings. The molecular formula is C23H35N3O5S. The molecule has 2 N–H and O–H groups in total. The molecule has 0 saturated heterocycles. The van der Waals surface area contributed by atoms with E-state index in [1.807, 2.05) is 9.29 Å². The zero-order valence-corrected chi connectivity index (χ0v) is 20.1. The van der Waals surface area contributed by atoms with Crippen molar-refractivity contribution in [3.8, 4) is 0 Å². The average molecular weight is 466 g/mol. The molecule has 32 heavy (non-hydrogen) atoms. The smallest absolute Gasteiger partial charge is 0.263 e. The highest BCUT2D eigenvalue weighted by Crippen LogP contribution is 2.31. The molecule has 1 heterocycles. The lowest BCUT2D eigenvalue weighted by atomic mass is 9.91. The van der Waals surface area contributed by atoms with E-state index < -0.39 is 27.4 Å². The standard InChI is InChI=1S/C23H35N3O5S/c1-23(2,22(29)25-32(3,30)31)24-20(27)18-15-16-11-7-4-5-10-14-19(16)26(21(18)28)17-12-8-6-9-13-17/h15,17H,4-14H2,1-3H3,(H,24,27)(H,25,29). The molecular weight excluding hydrogens is 430 g/mol. The maximum absolute atomic E-state index is 13.6. The van der Waals surface area contributed by atoms with Crippen LogP contribution in [0.5, 0.6) is 0 Å². The molecule has 0 atom stereocenters. The molecule has 1 aromatic heterocycles. The maximum Gasteiger partial charge on any atom is 0.263 e. The molecule has 178 valence electrons. The topological polar surface area (TPSA) is 114 Å². The van der Waals surface area contributed by atoms with Crippen LogP contribution >= 0.6 is 0 Å². The number of sulfonamides is 1. The average Bonchev–Trinajstić information content (AvgIpc) is 2.68. The first kappa shape index (κ1) is 24.5. The molecule has 0 bridgehead atoms. The molecule has 2 aliphatic carbocycles. The van der Waals surface area contributed by atoms with Gasteiger partial charge < -0.3 is 9.88 Å². The van der Waals surface area contributed by atoms with Crippen molar-refractivity contribution in [3.05, 3.63) is 33.2 Å². The van der Waals surface area contributed by atoms with E-state index in [2.05, 4.69) is 5.32 Å². The van der Waals surface area contributed by atoms with Crippen LogP contribution in [0.25, 0.3) is 0 Å². The van der Waals surface area contributed by atoms with Crippen LogP contribution in [0.15, 0.2) is 10.9 Å². The van der Waals surface area contributed by atoms with E-state index in [-0.39, 0.29) is 17.2 Å². The highest BCUT2D eigenvalue weighted by Gasteiger charge is 2.33. The Hall–Kier alpha value is -2.16. The first-order chi connectivity index (χ1) is 15.0. The van der Waals surface area contributed by atoms with Crippen LogP contribution in [-0.4, -0.2) is 36.6 Å². The van der Waals surface area contributed by atoms with E-state index in [1.54, 1.807) is 6.07 Å². The van der Waals surface area contributed by atoms with Gasteiger partial charge in [0.1, 0.15) is 11.1 Å². The summed E-state index contributed by atoms with van der Waals surface area (Å²) in [5, 5.41) is 2.57. The van der Waals surface area contributed by atoms with Crippen LogP contribution in [0.3, 0.4) is 0 Å². The third-order valence-electron chi connectivity index (χ3n) is 6.50. The largest absolute Gasteiger partial charge is 0.338 e. The predicted octanol–water partition coefficient (Wildman–Crippen LogP) is 2.60. The molecule has 2 amide bonds. The number of hydrogen-bond donors (Lipinski definition) is 2. The van der Waals surface area contributed by atoms with Gasteiger partial charge >= 0.3 is 0 Å². The van der Waals surface area contributed by atoms with Crippen molar-refractivity contribution in [1.29, 1.82) is 0 Å². The summed E-state index contributed by atoms with van der Waals surface area (Å²) in [6.45, 7) is 2.83. The Morgan fingerprint density at radius 1 is 1.00 bits per heavy atom. The van der Waals surface area contributed by atoms with E-state index in [9.17, 15) is 22.8 Å². The second-order valence-corrected chi connectivity index (χ2v) is 11.4. The van der Waals surface area contributed by atoms with Crippen LogP contribution < -0.4 is 15.6 Å². The molecule has 1 aromatic rings. The van der Waals surface area contributed by atoms with Gasteiger partial charge in [-0.25, -0.2) is 8.42 Å². The molecule has 8 nitrogen and oxygen atoms in total. The van der Waals surface area contributed by atoms with Crippen molar-refractivity contribution in [2.75, 3.05) is 6.26 Å². The number of aromatic nitrogens is 1. The summed E-state index contributed by atoms with van der Waals surface area (Å²) < 4.78 is 26.6. The maximum atomic E-state index is 13.6. The lowest BCUT2D eigenvalue weighted by Gasteiger charge is -2.30. The Balaban J connectivity index is 2.00. The third-order valence-corrected chi connectivity index (χ3v) is 7.05. The van der Waals surface area contributed by atoms with E-state index in [1.165, 1.54) is 13.8 Å². The van der Waals surface area contributed by atoms with Crippen LogP contribution in [0.4, 0.5) is 0 Å². The predicted molar refractivity (Wildman–Crippen MR) is 123 cm³/mol. The van der Waals surface area contributed by atoms with Gasteiger partial charge in [0.15, 0.2) is 0 Å². The number of carbonyl (C=O) groups is 2. The van der Waals surface area contributed by atoms with E-state index in [4.69, 9.17) is 0 Å². The molecule has 0 aromatic carbocycles. The zero-order valence-electron chi connectivity index (χ0n) is 19.3. The van der Waals surface area contributed by atoms with Gasteiger partial charge in [0, 0.05) is 11.7 Å². The summed E-state index contributed by atoms with van der Waals surface area (Å²) in [6, 6.07) is 1.79. The molecule has 0 unspecified atom stereocenters. The molecule has 0 radical (unpaired) electrons. The zero-order chi connectivity index (χ0) is 23.5. The molecule has 3 rings (SSSR count). The van der Waals surface area contributed by atoms with Gasteiger partial charge in [-0.3, -0.25) is 19.1 Å². The summed E-state index contributed by atoms with van der Waals surface area (Å²) >= 11 is 0. The second-order valence-electron chi connectivity index (χ2n) is 9.69. The van der Waals surface area contributed by atoms with Crippen molar-refractivity contribution in [3.63, 3.8) is 0 Å². The highest BCUT2D eigenvalue weighted by molar-refractivity contribution is 7.89. The van der Waals surface area contributed by atoms with Crippen LogP contribution in [0.1, 0.15) is 99.3 Å². The Morgan fingerprint density at radius 2 is 1.59 bits per heavy atom. The minimum atomic E-state index is -3.77. The van der Waals surface area contributed by atoms with Crippen LogP contribution in [0, 0.1) is 0 Å². The van der Waals surface area contributed by atoms with Crippen LogP contribution in [0.2, 0.25) is 0 Å². The summed E-state index contributed by atoms with van der Waals surface area (Å²) in [5.41, 5.74) is 0.306. The van der Waals surface area contributed by atoms with Gasteiger partial charge in [0.2, 0.25) is 10.0 Å². The fourth-order valence-corrected chi connectivity index (χ4v) is 5.37. The van der Waals surface area contributed by atoms with E-state index in [0.717, 1.165) is 88.1 Å². The van der Waals surface area contributed by atoms with Gasteiger partial charge in [-0.1, -0.05) is 32.1 Å². The third kappa shape index (κ3) is 5.79. The van der Waals surface area contributed by atoms with Gasteiger partial charge in [-0.15, -0.1) is 0 Å². The van der Waals surface area contributed by atoms with Crippen molar-refractivity contribution >= 4 is 21.8 Å². The fraction of sp³-hybridized carbons (Fsp3) is 0.696. The summed E-state index contributed by atoms with van der Waals surface area (Å²) in [5.74, 6) is -1.51. The number of amides is 2. The Labute approximate surface area is 190 Å². The first-order valence-corrected chi connectivity index (χ1v) is 13.5. The van der Waals surface area contributed by atoms with Crippen molar-refractivity contribution in [2.24, 2.45) is 0 Å². The van der Waals surface area contributed by atoms with Gasteiger partial charge in [-0.05, 0) is 64.0 Å². The normalized spacial score (nSPS) is 18.2. The highest BCUT2D eigenvalue weighted by atomic mass is 32.2. The van der Waals surface area contributed by atoms with Gasteiger partial charge in [-0.2, -0.15) is 0 Å². The number of fused-ring (bicyclic) bond motifs is 1. The summed E-state index contributed by atoms with van der Waals surface area (Å²) in [4.78, 5) is 39.1. The minimum absolute atomic E-state index is 0.0233. The van der Waals surface area contributed by atoms with E-state index in [0.29, 0.717) is 0 Å². The molecule has 9 heteroatoms. The number of nitrogens with zero attached hydrogens (tertiary/aromatic N) is 1. The quantitative estimate of drug-likeness (QED) is 0.694. The lowest BCUT2D eigenvalue weighted by molar-refractivity contribution is -0.124. The number of hydrogen-bond acceptors (Lipinski definition) is 5. The van der Waals surface area contributed by atoms with Gasteiger partial charge in [0.05, 0.1) is 6.26 Å². The number of pyridine rings is 1. The van der Waals surface area contributed by atoms with Gasteiger partial charge in [0.25, 0.3) is 17.4 Å². The van der Waals surface area contributed by atoms with Crippen molar-refractivity contribution < 1.29 is 18.0 Å². The Bertz CT molecular complexity index is 1040. The number of carbonyl (C=O) groups excluding carboxylic acids is 2. The number of aryl methyl sites for hydroxylation is 1. The minimum Gasteiger partial charge on any atom is -0.338 e. The molecule has 1 saturated carbocycles. The fourth-order valence-electron chi connectivity index (χ4n) is 4.78. The monoisotopic (exact) mass is 465 g/mol. The Morgan fingerprint density at radius 3 is 2.22 bits per heavy atom. The van der Waals surface area contributed by atoms with E-state index >= 15 is 0 Å². The Kier molecular flexibility index (Phi) is 7.47. The summed E-state index contributed by atoms with van der Waals surface area (Å²) in [6.07, 6.45) is 12.0. The summed E-state index contributed by atoms with van der Waals surface area (Å²) in [7, 11) is -3.77.